The molecule has 1 aliphatic rings. The van der Waals surface area contributed by atoms with E-state index >= 15 is 0 Å². The zero-order chi connectivity index (χ0) is 14.3. The van der Waals surface area contributed by atoms with Gasteiger partial charge in [-0.25, -0.2) is 0 Å². The number of nitrogens with one attached hydrogen (secondary N) is 1. The van der Waals surface area contributed by atoms with E-state index in [2.05, 4.69) is 49.7 Å². The van der Waals surface area contributed by atoms with Crippen molar-refractivity contribution in [1.82, 2.24) is 15.1 Å². The lowest BCUT2D eigenvalue weighted by Crippen LogP contribution is -2.50. The molecule has 0 aliphatic carbocycles. The van der Waals surface area contributed by atoms with Crippen molar-refractivity contribution >= 4 is 0 Å². The first kappa shape index (κ1) is 16.9. The molecule has 1 unspecified atom stereocenters. The van der Waals surface area contributed by atoms with Gasteiger partial charge in [0.2, 0.25) is 0 Å². The van der Waals surface area contributed by atoms with Gasteiger partial charge < -0.3 is 10.2 Å². The van der Waals surface area contributed by atoms with Crippen LogP contribution in [0.4, 0.5) is 0 Å². The Morgan fingerprint density at radius 3 is 2.11 bits per heavy atom. The molecule has 1 atom stereocenters. The molecule has 19 heavy (non-hydrogen) atoms. The zero-order valence-corrected chi connectivity index (χ0v) is 13.8. The van der Waals surface area contributed by atoms with Crippen LogP contribution in [-0.4, -0.2) is 61.2 Å². The van der Waals surface area contributed by atoms with Crippen LogP contribution in [0, 0.1) is 5.92 Å². The van der Waals surface area contributed by atoms with Gasteiger partial charge in [-0.1, -0.05) is 27.7 Å². The predicted molar refractivity (Wildman–Crippen MR) is 84.7 cm³/mol. The molecule has 0 saturated carbocycles. The van der Waals surface area contributed by atoms with Gasteiger partial charge in [0.1, 0.15) is 0 Å². The van der Waals surface area contributed by atoms with Crippen molar-refractivity contribution < 1.29 is 0 Å². The van der Waals surface area contributed by atoms with E-state index in [1.54, 1.807) is 0 Å². The minimum absolute atomic E-state index is 0.620. The van der Waals surface area contributed by atoms with Crippen molar-refractivity contribution in [1.29, 1.82) is 0 Å². The third kappa shape index (κ3) is 7.28. The van der Waals surface area contributed by atoms with Gasteiger partial charge in [0.05, 0.1) is 0 Å². The van der Waals surface area contributed by atoms with E-state index in [9.17, 15) is 0 Å². The highest BCUT2D eigenvalue weighted by Crippen LogP contribution is 2.11. The summed E-state index contributed by atoms with van der Waals surface area (Å²) in [6.07, 6.45) is 2.62. The van der Waals surface area contributed by atoms with E-state index in [0.29, 0.717) is 6.04 Å². The van der Waals surface area contributed by atoms with Gasteiger partial charge in [-0.05, 0) is 32.2 Å². The van der Waals surface area contributed by atoms with Gasteiger partial charge in [-0.2, -0.15) is 0 Å². The molecular formula is C16H35N3. The third-order valence-corrected chi connectivity index (χ3v) is 4.00. The summed E-state index contributed by atoms with van der Waals surface area (Å²) in [4.78, 5) is 5.29. The Morgan fingerprint density at radius 2 is 1.58 bits per heavy atom. The van der Waals surface area contributed by atoms with Crippen LogP contribution in [-0.2, 0) is 0 Å². The van der Waals surface area contributed by atoms with Crippen LogP contribution in [0.15, 0.2) is 0 Å². The largest absolute Gasteiger partial charge is 0.315 e. The lowest BCUT2D eigenvalue weighted by molar-refractivity contribution is 0.0908. The highest BCUT2D eigenvalue weighted by Gasteiger charge is 2.20. The fraction of sp³-hybridized carbons (Fsp3) is 1.00. The van der Waals surface area contributed by atoms with Crippen LogP contribution in [0.1, 0.15) is 47.5 Å². The monoisotopic (exact) mass is 269 g/mol. The maximum absolute atomic E-state index is 3.51. The molecule has 0 spiro atoms. The molecular weight excluding hydrogens is 234 g/mol. The topological polar surface area (TPSA) is 18.5 Å². The molecule has 3 heteroatoms. The fourth-order valence-electron chi connectivity index (χ4n) is 2.87. The lowest BCUT2D eigenvalue weighted by atomic mass is 10.1. The highest BCUT2D eigenvalue weighted by atomic mass is 15.3. The molecule has 1 N–H and O–H groups in total. The quantitative estimate of drug-likeness (QED) is 0.683. The van der Waals surface area contributed by atoms with E-state index in [-0.39, 0.29) is 0 Å². The summed E-state index contributed by atoms with van der Waals surface area (Å²) in [5.74, 6) is 0.797. The van der Waals surface area contributed by atoms with E-state index in [0.717, 1.165) is 18.5 Å². The fourth-order valence-corrected chi connectivity index (χ4v) is 2.87. The van der Waals surface area contributed by atoms with Gasteiger partial charge in [0, 0.05) is 44.8 Å². The number of hydrogen-bond acceptors (Lipinski definition) is 3. The standard InChI is InChI=1S/C16H35N3/c1-14(2)13-18-9-11-19(12-10-18)16(5)7-6-8-17-15(3)4/h14-17H,6-13H2,1-5H3. The van der Waals surface area contributed by atoms with Gasteiger partial charge in [0.15, 0.2) is 0 Å². The summed E-state index contributed by atoms with van der Waals surface area (Å²) >= 11 is 0. The second kappa shape index (κ2) is 8.93. The Kier molecular flexibility index (Phi) is 7.96. The molecule has 1 aliphatic heterocycles. The SMILES string of the molecule is CC(C)CN1CCN(C(C)CCCNC(C)C)CC1. The van der Waals surface area contributed by atoms with E-state index in [4.69, 9.17) is 0 Å². The van der Waals surface area contributed by atoms with Crippen molar-refractivity contribution in [2.75, 3.05) is 39.3 Å². The van der Waals surface area contributed by atoms with Crippen molar-refractivity contribution in [3.8, 4) is 0 Å². The first-order valence-electron chi connectivity index (χ1n) is 8.18. The van der Waals surface area contributed by atoms with Crippen LogP contribution >= 0.6 is 0 Å². The number of hydrogen-bond donors (Lipinski definition) is 1. The molecule has 3 nitrogen and oxygen atoms in total. The van der Waals surface area contributed by atoms with Crippen molar-refractivity contribution in [2.24, 2.45) is 5.92 Å². The minimum atomic E-state index is 0.620. The zero-order valence-electron chi connectivity index (χ0n) is 13.8. The van der Waals surface area contributed by atoms with Crippen molar-refractivity contribution in [3.63, 3.8) is 0 Å². The molecule has 0 bridgehead atoms. The average molecular weight is 269 g/mol. The smallest absolute Gasteiger partial charge is 0.0113 e. The normalized spacial score (nSPS) is 20.4. The third-order valence-electron chi connectivity index (χ3n) is 4.00. The molecule has 1 rings (SSSR count). The maximum atomic E-state index is 3.51. The summed E-state index contributed by atoms with van der Waals surface area (Å²) in [6.45, 7) is 18.9. The summed E-state index contributed by atoms with van der Waals surface area (Å²) < 4.78 is 0. The van der Waals surface area contributed by atoms with Crippen LogP contribution in [0.2, 0.25) is 0 Å². The molecule has 0 aromatic heterocycles. The van der Waals surface area contributed by atoms with Crippen LogP contribution in [0.25, 0.3) is 0 Å². The molecule has 0 radical (unpaired) electrons. The average Bonchev–Trinajstić information content (AvgIpc) is 2.34. The van der Waals surface area contributed by atoms with Gasteiger partial charge >= 0.3 is 0 Å². The lowest BCUT2D eigenvalue weighted by Gasteiger charge is -2.38. The molecule has 1 fully saturated rings. The summed E-state index contributed by atoms with van der Waals surface area (Å²) in [5, 5.41) is 3.51. The Labute approximate surface area is 120 Å². The van der Waals surface area contributed by atoms with Crippen LogP contribution in [0.3, 0.4) is 0 Å². The van der Waals surface area contributed by atoms with E-state index < -0.39 is 0 Å². The molecule has 1 heterocycles. The molecule has 0 aromatic carbocycles. The number of nitrogens with zero attached hydrogens (tertiary/aromatic N) is 2. The second-order valence-electron chi connectivity index (χ2n) is 6.83. The van der Waals surface area contributed by atoms with Crippen LogP contribution in [0.5, 0.6) is 0 Å². The first-order valence-corrected chi connectivity index (χ1v) is 8.18. The Hall–Kier alpha value is -0.120. The van der Waals surface area contributed by atoms with Gasteiger partial charge in [-0.15, -0.1) is 0 Å². The van der Waals surface area contributed by atoms with Gasteiger partial charge in [-0.3, -0.25) is 4.90 Å². The van der Waals surface area contributed by atoms with Crippen molar-refractivity contribution in [3.05, 3.63) is 0 Å². The Balaban J connectivity index is 2.12. The predicted octanol–water partition coefficient (Wildman–Crippen LogP) is 2.43. The van der Waals surface area contributed by atoms with E-state index in [1.165, 1.54) is 45.6 Å². The minimum Gasteiger partial charge on any atom is -0.315 e. The molecule has 0 aromatic rings. The molecule has 1 saturated heterocycles. The maximum Gasteiger partial charge on any atom is 0.0113 e. The Bertz CT molecular complexity index is 220. The highest BCUT2D eigenvalue weighted by molar-refractivity contribution is 4.77. The number of rotatable bonds is 8. The van der Waals surface area contributed by atoms with Gasteiger partial charge in [0.25, 0.3) is 0 Å². The van der Waals surface area contributed by atoms with E-state index in [1.807, 2.05) is 0 Å². The molecule has 0 amide bonds. The summed E-state index contributed by atoms with van der Waals surface area (Å²) in [7, 11) is 0. The molecule has 114 valence electrons. The summed E-state index contributed by atoms with van der Waals surface area (Å²) in [6, 6.07) is 1.37. The Morgan fingerprint density at radius 1 is 0.947 bits per heavy atom. The summed E-state index contributed by atoms with van der Waals surface area (Å²) in [5.41, 5.74) is 0. The second-order valence-corrected chi connectivity index (χ2v) is 6.83. The van der Waals surface area contributed by atoms with Crippen molar-refractivity contribution in [2.45, 2.75) is 59.5 Å². The first-order chi connectivity index (χ1) is 8.99. The number of piperazine rings is 1. The van der Waals surface area contributed by atoms with Crippen LogP contribution < -0.4 is 5.32 Å².